The van der Waals surface area contributed by atoms with Gasteiger partial charge in [-0.2, -0.15) is 0 Å². The fraction of sp³-hybridized carbons (Fsp3) is 0.565. The first-order valence-corrected chi connectivity index (χ1v) is 21.1. The number of para-hydroxylation sites is 2. The van der Waals surface area contributed by atoms with Crippen molar-refractivity contribution >= 4 is 23.2 Å². The summed E-state index contributed by atoms with van der Waals surface area (Å²) < 4.78 is 13.4. The molecule has 0 saturated carbocycles. The zero-order valence-electron chi connectivity index (χ0n) is 33.6. The molecule has 0 aromatic heterocycles. The molecule has 0 aliphatic carbocycles. The van der Waals surface area contributed by atoms with Crippen molar-refractivity contribution in [2.75, 3.05) is 30.7 Å². The van der Waals surface area contributed by atoms with Crippen LogP contribution in [-0.4, -0.2) is 47.6 Å². The highest BCUT2D eigenvalue weighted by atomic mass is 16.7. The Morgan fingerprint density at radius 3 is 1.93 bits per heavy atom. The third-order valence-corrected chi connectivity index (χ3v) is 10.5. The summed E-state index contributed by atoms with van der Waals surface area (Å²) in [4.78, 5) is 27.5. The van der Waals surface area contributed by atoms with Gasteiger partial charge >= 0.3 is 0 Å². The number of carbonyl (C=O) groups excluding carboxylic acids is 2. The lowest BCUT2D eigenvalue weighted by atomic mass is 9.99. The van der Waals surface area contributed by atoms with Gasteiger partial charge in [0, 0.05) is 37.9 Å². The molecular weight excluding hydrogens is 689 g/mol. The number of anilines is 2. The number of nitrogens with one attached hydrogen (secondary N) is 2. The zero-order chi connectivity index (χ0) is 39.1. The topological polar surface area (TPSA) is 126 Å². The maximum Gasteiger partial charge on any atom is 0.224 e. The number of aliphatic hydroxyl groups excluding tert-OH is 1. The molecule has 1 heterocycles. The van der Waals surface area contributed by atoms with Crippen LogP contribution < -0.4 is 16.4 Å². The molecule has 1 aliphatic heterocycles. The summed E-state index contributed by atoms with van der Waals surface area (Å²) >= 11 is 0. The Labute approximate surface area is 330 Å². The lowest BCUT2D eigenvalue weighted by Gasteiger charge is -2.38. The maximum atomic E-state index is 12.6. The quantitative estimate of drug-likeness (QED) is 0.0475. The van der Waals surface area contributed by atoms with E-state index in [-0.39, 0.29) is 43.5 Å². The van der Waals surface area contributed by atoms with Crippen molar-refractivity contribution in [1.29, 1.82) is 0 Å². The van der Waals surface area contributed by atoms with Crippen molar-refractivity contribution in [3.8, 4) is 0 Å². The number of amides is 2. The molecule has 0 spiro atoms. The number of carbonyl (C=O) groups is 2. The Hall–Kier alpha value is -3.76. The van der Waals surface area contributed by atoms with E-state index < -0.39 is 6.29 Å². The number of ether oxygens (including phenoxy) is 2. The molecule has 1 fully saturated rings. The van der Waals surface area contributed by atoms with E-state index in [0.717, 1.165) is 48.3 Å². The van der Waals surface area contributed by atoms with Crippen LogP contribution in [0.15, 0.2) is 72.8 Å². The normalized spacial score (nSPS) is 17.0. The second-order valence-electron chi connectivity index (χ2n) is 15.2. The van der Waals surface area contributed by atoms with Crippen LogP contribution in [0.1, 0.15) is 151 Å². The molecule has 0 bridgehead atoms. The van der Waals surface area contributed by atoms with E-state index in [9.17, 15) is 14.7 Å². The van der Waals surface area contributed by atoms with Gasteiger partial charge in [-0.1, -0.05) is 139 Å². The molecule has 0 unspecified atom stereocenters. The van der Waals surface area contributed by atoms with Gasteiger partial charge in [-0.15, -0.1) is 0 Å². The third kappa shape index (κ3) is 16.5. The van der Waals surface area contributed by atoms with E-state index in [1.807, 2.05) is 48.5 Å². The fourth-order valence-electron chi connectivity index (χ4n) is 7.16. The Morgan fingerprint density at radius 1 is 0.709 bits per heavy atom. The Morgan fingerprint density at radius 2 is 1.29 bits per heavy atom. The number of nitrogens with zero attached hydrogens (tertiary/aromatic N) is 1. The Kier molecular flexibility index (Phi) is 20.3. The molecule has 2 amide bonds. The summed E-state index contributed by atoms with van der Waals surface area (Å²) in [5.74, 6) is -0.261. The monoisotopic (exact) mass is 757 g/mol. The summed E-state index contributed by atoms with van der Waals surface area (Å²) in [6, 6.07) is 23.3. The summed E-state index contributed by atoms with van der Waals surface area (Å²) in [6.45, 7) is 8.02. The third-order valence-electron chi connectivity index (χ3n) is 10.5. The van der Waals surface area contributed by atoms with Gasteiger partial charge in [-0.25, -0.2) is 0 Å². The number of nitrogens with two attached hydrogens (primary N) is 1. The van der Waals surface area contributed by atoms with Crippen molar-refractivity contribution in [3.63, 3.8) is 0 Å². The molecule has 1 saturated heterocycles. The summed E-state index contributed by atoms with van der Waals surface area (Å²) in [5, 5.41) is 15.4. The predicted molar refractivity (Wildman–Crippen MR) is 223 cm³/mol. The Bertz CT molecular complexity index is 1500. The van der Waals surface area contributed by atoms with Gasteiger partial charge in [0.25, 0.3) is 0 Å². The van der Waals surface area contributed by atoms with Crippen molar-refractivity contribution in [2.45, 2.75) is 148 Å². The highest BCUT2D eigenvalue weighted by molar-refractivity contribution is 5.93. The van der Waals surface area contributed by atoms with Crippen molar-refractivity contribution < 1.29 is 24.2 Å². The zero-order valence-corrected chi connectivity index (χ0v) is 33.6. The van der Waals surface area contributed by atoms with Gasteiger partial charge in [0.15, 0.2) is 6.29 Å². The van der Waals surface area contributed by atoms with E-state index in [0.29, 0.717) is 24.3 Å². The molecule has 0 radical (unpaired) electrons. The number of rotatable bonds is 26. The first-order valence-electron chi connectivity index (χ1n) is 21.1. The lowest BCUT2D eigenvalue weighted by Crippen LogP contribution is -2.40. The minimum Gasteiger partial charge on any atom is -0.397 e. The molecule has 3 aromatic carbocycles. The first-order chi connectivity index (χ1) is 26.9. The smallest absolute Gasteiger partial charge is 0.224 e. The van der Waals surface area contributed by atoms with Gasteiger partial charge in [0.1, 0.15) is 0 Å². The van der Waals surface area contributed by atoms with Crippen LogP contribution >= 0.6 is 0 Å². The molecule has 302 valence electrons. The van der Waals surface area contributed by atoms with Crippen LogP contribution in [0.5, 0.6) is 0 Å². The second kappa shape index (κ2) is 25.4. The van der Waals surface area contributed by atoms with Crippen LogP contribution in [0.25, 0.3) is 0 Å². The van der Waals surface area contributed by atoms with E-state index >= 15 is 0 Å². The van der Waals surface area contributed by atoms with E-state index in [1.54, 1.807) is 12.1 Å². The molecule has 9 nitrogen and oxygen atoms in total. The van der Waals surface area contributed by atoms with Crippen LogP contribution in [0.2, 0.25) is 0 Å². The first kappa shape index (κ1) is 44.0. The highest BCUT2D eigenvalue weighted by Crippen LogP contribution is 2.38. The molecule has 55 heavy (non-hydrogen) atoms. The number of benzene rings is 3. The second-order valence-corrected chi connectivity index (χ2v) is 15.2. The van der Waals surface area contributed by atoms with Crippen LogP contribution in [-0.2, 0) is 32.2 Å². The number of nitrogen functional groups attached to an aromatic ring is 1. The molecule has 4 rings (SSSR count). The van der Waals surface area contributed by atoms with Crippen LogP contribution in [0, 0.1) is 0 Å². The van der Waals surface area contributed by atoms with Gasteiger partial charge in [0.05, 0.1) is 30.2 Å². The van der Waals surface area contributed by atoms with Crippen LogP contribution in [0.4, 0.5) is 11.4 Å². The molecule has 5 N–H and O–H groups in total. The van der Waals surface area contributed by atoms with Gasteiger partial charge in [0.2, 0.25) is 11.8 Å². The molecule has 3 atom stereocenters. The number of aliphatic hydroxyl groups is 1. The number of hydrogen-bond acceptors (Lipinski definition) is 7. The minimum atomic E-state index is -0.521. The van der Waals surface area contributed by atoms with Gasteiger partial charge in [-0.05, 0) is 61.2 Å². The summed E-state index contributed by atoms with van der Waals surface area (Å²) in [5.41, 5.74) is 10.9. The van der Waals surface area contributed by atoms with Crippen LogP contribution in [0.3, 0.4) is 0 Å². The molecule has 1 aliphatic rings. The number of hydrogen-bond donors (Lipinski definition) is 4. The molecule has 3 aromatic rings. The van der Waals surface area contributed by atoms with E-state index in [1.165, 1.54) is 77.0 Å². The predicted octanol–water partition coefficient (Wildman–Crippen LogP) is 9.75. The molecule has 9 heteroatoms. The summed E-state index contributed by atoms with van der Waals surface area (Å²) in [6.07, 6.45) is 16.5. The minimum absolute atomic E-state index is 0.00699. The average molecular weight is 757 g/mol. The van der Waals surface area contributed by atoms with Gasteiger partial charge < -0.3 is 35.8 Å². The maximum absolute atomic E-state index is 12.6. The largest absolute Gasteiger partial charge is 0.397 e. The average Bonchev–Trinajstić information content (AvgIpc) is 3.20. The van der Waals surface area contributed by atoms with Crippen molar-refractivity contribution in [2.24, 2.45) is 0 Å². The Balaban J connectivity index is 1.33. The standard InChI is InChI=1S/C46H68N4O5/c1-3-5-7-9-11-15-30-50(31-16-12-10-8-6-4-2)34-40-32-43(38-26-24-37(35-51)25-27-38)55-46(54-40)39-28-22-36(23-29-39)33-48-44(52)20-17-21-45(53)49-42-19-14-13-18-41(42)47/h13-14,18-19,22-29,40,43,46,51H,3-12,15-17,20-21,30-35,47H2,1-2H3,(H,48,52)(H,49,53)/t40-,43+,46+/m1/s1. The van der Waals surface area contributed by atoms with Crippen molar-refractivity contribution in [1.82, 2.24) is 10.2 Å². The molecular formula is C46H68N4O5. The van der Waals surface area contributed by atoms with E-state index in [2.05, 4.69) is 41.5 Å². The van der Waals surface area contributed by atoms with Crippen molar-refractivity contribution in [3.05, 3.63) is 95.1 Å². The summed E-state index contributed by atoms with van der Waals surface area (Å²) in [7, 11) is 0. The van der Waals surface area contributed by atoms with Gasteiger partial charge in [-0.3, -0.25) is 9.59 Å². The number of unbranched alkanes of at least 4 members (excludes halogenated alkanes) is 10. The fourth-order valence-corrected chi connectivity index (χ4v) is 7.16. The SMILES string of the molecule is CCCCCCCCN(CCCCCCCC)C[C@H]1C[C@@H](c2ccc(CO)cc2)O[C@@H](c2ccc(CNC(=O)CCCC(=O)Nc3ccccc3N)cc2)O1. The lowest BCUT2D eigenvalue weighted by molar-refractivity contribution is -0.253. The highest BCUT2D eigenvalue weighted by Gasteiger charge is 2.33. The van der Waals surface area contributed by atoms with E-state index in [4.69, 9.17) is 15.2 Å².